The van der Waals surface area contributed by atoms with Gasteiger partial charge in [0.1, 0.15) is 0 Å². The molecule has 1 aliphatic heterocycles. The molecule has 0 bridgehead atoms. The summed E-state index contributed by atoms with van der Waals surface area (Å²) in [6, 6.07) is 10.1. The lowest BCUT2D eigenvalue weighted by Gasteiger charge is -2.34. The van der Waals surface area contributed by atoms with E-state index < -0.39 is 0 Å². The van der Waals surface area contributed by atoms with Crippen LogP contribution in [0.1, 0.15) is 11.1 Å². The van der Waals surface area contributed by atoms with Gasteiger partial charge in [-0.3, -0.25) is 9.69 Å². The summed E-state index contributed by atoms with van der Waals surface area (Å²) in [5, 5.41) is 3.03. The van der Waals surface area contributed by atoms with Crippen LogP contribution in [-0.2, 0) is 11.2 Å². The zero-order valence-electron chi connectivity index (χ0n) is 14.7. The highest BCUT2D eigenvalue weighted by molar-refractivity contribution is 5.78. The number of hydrogen-bond acceptors (Lipinski definition) is 5. The van der Waals surface area contributed by atoms with Crippen molar-refractivity contribution < 1.29 is 4.79 Å². The molecular formula is C19H25N5O. The van der Waals surface area contributed by atoms with Gasteiger partial charge in [0.05, 0.1) is 6.54 Å². The first-order chi connectivity index (χ1) is 12.2. The summed E-state index contributed by atoms with van der Waals surface area (Å²) in [4.78, 5) is 25.1. The van der Waals surface area contributed by atoms with Crippen LogP contribution in [0.4, 0.5) is 5.95 Å². The van der Waals surface area contributed by atoms with Crippen molar-refractivity contribution in [3.63, 3.8) is 0 Å². The highest BCUT2D eigenvalue weighted by Crippen LogP contribution is 2.09. The Hall–Kier alpha value is -2.47. The van der Waals surface area contributed by atoms with Gasteiger partial charge in [-0.15, -0.1) is 0 Å². The largest absolute Gasteiger partial charge is 0.355 e. The number of nitrogens with one attached hydrogen (secondary N) is 1. The third-order valence-electron chi connectivity index (χ3n) is 4.55. The first-order valence-corrected chi connectivity index (χ1v) is 8.78. The summed E-state index contributed by atoms with van der Waals surface area (Å²) in [6.45, 7) is 6.64. The van der Waals surface area contributed by atoms with Gasteiger partial charge in [-0.25, -0.2) is 9.97 Å². The molecule has 0 saturated carbocycles. The predicted octanol–water partition coefficient (Wildman–Crippen LogP) is 1.27. The molecule has 6 heteroatoms. The van der Waals surface area contributed by atoms with Crippen LogP contribution >= 0.6 is 0 Å². The molecule has 2 heterocycles. The highest BCUT2D eigenvalue weighted by Gasteiger charge is 2.20. The Morgan fingerprint density at radius 1 is 1.08 bits per heavy atom. The molecule has 1 aliphatic rings. The predicted molar refractivity (Wildman–Crippen MR) is 98.6 cm³/mol. The van der Waals surface area contributed by atoms with Crippen molar-refractivity contribution in [3.05, 3.63) is 53.9 Å². The number of amides is 1. The molecule has 1 aromatic heterocycles. The number of carbonyl (C=O) groups excluding carboxylic acids is 1. The van der Waals surface area contributed by atoms with Gasteiger partial charge in [-0.2, -0.15) is 0 Å². The van der Waals surface area contributed by atoms with Gasteiger partial charge in [-0.1, -0.05) is 24.3 Å². The van der Waals surface area contributed by atoms with E-state index in [9.17, 15) is 4.79 Å². The molecule has 6 nitrogen and oxygen atoms in total. The fourth-order valence-corrected chi connectivity index (χ4v) is 3.05. The van der Waals surface area contributed by atoms with Gasteiger partial charge in [0.2, 0.25) is 11.9 Å². The standard InChI is InChI=1S/C19H25N5O/c1-16-5-2-3-6-17(16)7-10-20-18(25)15-23-11-13-24(14-12-23)19-21-8-4-9-22-19/h2-6,8-9H,7,10-15H2,1H3,(H,20,25). The van der Waals surface area contributed by atoms with E-state index in [-0.39, 0.29) is 5.91 Å². The SMILES string of the molecule is Cc1ccccc1CCNC(=O)CN1CCN(c2ncccn2)CC1. The average Bonchev–Trinajstić information content (AvgIpc) is 2.65. The Labute approximate surface area is 148 Å². The van der Waals surface area contributed by atoms with Gasteiger partial charge >= 0.3 is 0 Å². The summed E-state index contributed by atoms with van der Waals surface area (Å²) in [5.74, 6) is 0.864. The molecule has 132 valence electrons. The Morgan fingerprint density at radius 3 is 2.52 bits per heavy atom. The second-order valence-electron chi connectivity index (χ2n) is 6.34. The molecule has 0 radical (unpaired) electrons. The van der Waals surface area contributed by atoms with E-state index in [2.05, 4.69) is 44.1 Å². The van der Waals surface area contributed by atoms with E-state index in [1.54, 1.807) is 12.4 Å². The van der Waals surface area contributed by atoms with Crippen molar-refractivity contribution >= 4 is 11.9 Å². The summed E-state index contributed by atoms with van der Waals surface area (Å²) in [5.41, 5.74) is 2.57. The first-order valence-electron chi connectivity index (χ1n) is 8.78. The van der Waals surface area contributed by atoms with Gasteiger partial charge in [-0.05, 0) is 30.5 Å². The second-order valence-corrected chi connectivity index (χ2v) is 6.34. The molecule has 0 atom stereocenters. The molecule has 25 heavy (non-hydrogen) atoms. The maximum absolute atomic E-state index is 12.1. The topological polar surface area (TPSA) is 61.4 Å². The van der Waals surface area contributed by atoms with Crippen molar-refractivity contribution in [2.24, 2.45) is 0 Å². The molecular weight excluding hydrogens is 314 g/mol. The third kappa shape index (κ3) is 5.00. The van der Waals surface area contributed by atoms with E-state index in [4.69, 9.17) is 0 Å². The smallest absolute Gasteiger partial charge is 0.234 e. The van der Waals surface area contributed by atoms with Crippen LogP contribution in [0.2, 0.25) is 0 Å². The number of nitrogens with zero attached hydrogens (tertiary/aromatic N) is 4. The van der Waals surface area contributed by atoms with Crippen LogP contribution in [-0.4, -0.2) is 60.0 Å². The zero-order valence-corrected chi connectivity index (χ0v) is 14.7. The Kier molecular flexibility index (Phi) is 5.95. The number of rotatable bonds is 6. The van der Waals surface area contributed by atoms with E-state index in [0.29, 0.717) is 13.1 Å². The lowest BCUT2D eigenvalue weighted by molar-refractivity contribution is -0.122. The minimum absolute atomic E-state index is 0.0954. The number of benzene rings is 1. The van der Waals surface area contributed by atoms with E-state index in [1.807, 2.05) is 18.2 Å². The maximum Gasteiger partial charge on any atom is 0.234 e. The molecule has 1 N–H and O–H groups in total. The third-order valence-corrected chi connectivity index (χ3v) is 4.55. The van der Waals surface area contributed by atoms with Gasteiger partial charge in [0.25, 0.3) is 0 Å². The van der Waals surface area contributed by atoms with Crippen molar-refractivity contribution in [1.29, 1.82) is 0 Å². The molecule has 1 aromatic carbocycles. The molecule has 1 amide bonds. The van der Waals surface area contributed by atoms with E-state index >= 15 is 0 Å². The molecule has 0 spiro atoms. The fourth-order valence-electron chi connectivity index (χ4n) is 3.05. The molecule has 0 aliphatic carbocycles. The van der Waals surface area contributed by atoms with Crippen molar-refractivity contribution in [2.45, 2.75) is 13.3 Å². The molecule has 1 saturated heterocycles. The molecule has 3 rings (SSSR count). The van der Waals surface area contributed by atoms with Crippen LogP contribution in [0.25, 0.3) is 0 Å². The molecule has 1 fully saturated rings. The number of aryl methyl sites for hydroxylation is 1. The van der Waals surface area contributed by atoms with Crippen LogP contribution < -0.4 is 10.2 Å². The Morgan fingerprint density at radius 2 is 1.80 bits per heavy atom. The monoisotopic (exact) mass is 339 g/mol. The lowest BCUT2D eigenvalue weighted by Crippen LogP contribution is -2.50. The van der Waals surface area contributed by atoms with E-state index in [0.717, 1.165) is 38.5 Å². The number of piperazine rings is 1. The van der Waals surface area contributed by atoms with Gasteiger partial charge < -0.3 is 10.2 Å². The number of aromatic nitrogens is 2. The average molecular weight is 339 g/mol. The minimum Gasteiger partial charge on any atom is -0.355 e. The van der Waals surface area contributed by atoms with E-state index in [1.165, 1.54) is 11.1 Å². The zero-order chi connectivity index (χ0) is 17.5. The van der Waals surface area contributed by atoms with Crippen LogP contribution in [0.15, 0.2) is 42.7 Å². The van der Waals surface area contributed by atoms with Crippen molar-refractivity contribution in [2.75, 3.05) is 44.2 Å². The minimum atomic E-state index is 0.0954. The Bertz CT molecular complexity index is 683. The fraction of sp³-hybridized carbons (Fsp3) is 0.421. The highest BCUT2D eigenvalue weighted by atomic mass is 16.2. The normalized spacial score (nSPS) is 15.2. The summed E-state index contributed by atoms with van der Waals surface area (Å²) in [6.07, 6.45) is 4.39. The van der Waals surface area contributed by atoms with Gasteiger partial charge in [0.15, 0.2) is 0 Å². The summed E-state index contributed by atoms with van der Waals surface area (Å²) in [7, 11) is 0. The lowest BCUT2D eigenvalue weighted by atomic mass is 10.1. The summed E-state index contributed by atoms with van der Waals surface area (Å²) < 4.78 is 0. The number of hydrogen-bond donors (Lipinski definition) is 1. The first kappa shape index (κ1) is 17.4. The van der Waals surface area contributed by atoms with Crippen LogP contribution in [0, 0.1) is 6.92 Å². The van der Waals surface area contributed by atoms with Gasteiger partial charge in [0, 0.05) is 45.1 Å². The molecule has 0 unspecified atom stereocenters. The van der Waals surface area contributed by atoms with Crippen molar-refractivity contribution in [1.82, 2.24) is 20.2 Å². The quantitative estimate of drug-likeness (QED) is 0.859. The Balaban J connectivity index is 1.37. The van der Waals surface area contributed by atoms with Crippen molar-refractivity contribution in [3.8, 4) is 0 Å². The second kappa shape index (κ2) is 8.58. The number of anilines is 1. The van der Waals surface area contributed by atoms with Crippen LogP contribution in [0.5, 0.6) is 0 Å². The number of carbonyl (C=O) groups is 1. The maximum atomic E-state index is 12.1. The molecule has 2 aromatic rings. The van der Waals surface area contributed by atoms with Crippen LogP contribution in [0.3, 0.4) is 0 Å². The summed E-state index contributed by atoms with van der Waals surface area (Å²) >= 11 is 0.